The predicted octanol–water partition coefficient (Wildman–Crippen LogP) is 0.869. The Kier molecular flexibility index (Phi) is 4.85. The molecule has 0 aromatic heterocycles. The largest absolute Gasteiger partial charge is 0.480 e. The molecule has 5 nitrogen and oxygen atoms in total. The predicted molar refractivity (Wildman–Crippen MR) is 66.5 cm³/mol. The van der Waals surface area contributed by atoms with Gasteiger partial charge in [0.2, 0.25) is 0 Å². The van der Waals surface area contributed by atoms with Crippen molar-refractivity contribution in [1.82, 2.24) is 5.32 Å². The Labute approximate surface area is 105 Å². The number of aliphatic carboxylic acids is 1. The first-order valence-electron chi connectivity index (χ1n) is 5.67. The van der Waals surface area contributed by atoms with E-state index in [1.165, 1.54) is 0 Å². The van der Waals surface area contributed by atoms with Crippen molar-refractivity contribution >= 4 is 11.9 Å². The third-order valence-corrected chi connectivity index (χ3v) is 2.65. The molecule has 1 aromatic rings. The average Bonchev–Trinajstić information content (AvgIpc) is 2.27. The van der Waals surface area contributed by atoms with Gasteiger partial charge in [0.15, 0.2) is 0 Å². The van der Waals surface area contributed by atoms with Crippen LogP contribution >= 0.6 is 0 Å². The van der Waals surface area contributed by atoms with Crippen LogP contribution in [0.15, 0.2) is 18.2 Å². The summed E-state index contributed by atoms with van der Waals surface area (Å²) in [4.78, 5) is 22.8. The number of aryl methyl sites for hydroxylation is 2. The summed E-state index contributed by atoms with van der Waals surface area (Å²) in [7, 11) is 0. The Hall–Kier alpha value is -1.88. The maximum Gasteiger partial charge on any atom is 0.326 e. The van der Waals surface area contributed by atoms with Gasteiger partial charge in [-0.1, -0.05) is 17.7 Å². The van der Waals surface area contributed by atoms with Gasteiger partial charge in [-0.15, -0.1) is 0 Å². The quantitative estimate of drug-likeness (QED) is 0.724. The highest BCUT2D eigenvalue weighted by atomic mass is 16.4. The van der Waals surface area contributed by atoms with E-state index in [0.717, 1.165) is 11.1 Å². The number of aliphatic hydroxyl groups is 1. The Bertz CT molecular complexity index is 456. The number of carbonyl (C=O) groups is 2. The highest BCUT2D eigenvalue weighted by Crippen LogP contribution is 2.10. The molecule has 1 amide bonds. The second-order valence-electron chi connectivity index (χ2n) is 4.19. The number of aliphatic hydroxyl groups excluding tert-OH is 1. The minimum absolute atomic E-state index is 0.00795. The van der Waals surface area contributed by atoms with Gasteiger partial charge in [-0.2, -0.15) is 0 Å². The van der Waals surface area contributed by atoms with Gasteiger partial charge >= 0.3 is 5.97 Å². The smallest absolute Gasteiger partial charge is 0.326 e. The summed E-state index contributed by atoms with van der Waals surface area (Å²) < 4.78 is 0. The fourth-order valence-corrected chi connectivity index (χ4v) is 1.69. The molecule has 0 spiro atoms. The van der Waals surface area contributed by atoms with Crippen LogP contribution in [-0.2, 0) is 4.79 Å². The summed E-state index contributed by atoms with van der Waals surface area (Å²) in [5, 5.41) is 20.0. The molecule has 0 aliphatic rings. The lowest BCUT2D eigenvalue weighted by molar-refractivity contribution is -0.139. The number of nitrogens with one attached hydrogen (secondary N) is 1. The second kappa shape index (κ2) is 6.16. The molecule has 0 radical (unpaired) electrons. The van der Waals surface area contributed by atoms with E-state index in [1.54, 1.807) is 19.1 Å². The molecule has 0 unspecified atom stereocenters. The topological polar surface area (TPSA) is 86.6 Å². The van der Waals surface area contributed by atoms with Crippen molar-refractivity contribution in [2.24, 2.45) is 0 Å². The molecule has 0 heterocycles. The molecule has 0 saturated heterocycles. The van der Waals surface area contributed by atoms with E-state index in [0.29, 0.717) is 5.56 Å². The highest BCUT2D eigenvalue weighted by molar-refractivity contribution is 5.97. The minimum atomic E-state index is -1.15. The number of carboxylic acid groups (broad SMARTS) is 1. The summed E-state index contributed by atoms with van der Waals surface area (Å²) in [6.07, 6.45) is -0.00795. The lowest BCUT2D eigenvalue weighted by Crippen LogP contribution is -2.41. The van der Waals surface area contributed by atoms with Gasteiger partial charge in [0.25, 0.3) is 5.91 Å². The molecule has 18 heavy (non-hydrogen) atoms. The van der Waals surface area contributed by atoms with Crippen molar-refractivity contribution in [3.8, 4) is 0 Å². The summed E-state index contributed by atoms with van der Waals surface area (Å²) in [5.74, 6) is -1.59. The Morgan fingerprint density at radius 1 is 1.33 bits per heavy atom. The van der Waals surface area contributed by atoms with Crippen LogP contribution in [0.4, 0.5) is 0 Å². The van der Waals surface area contributed by atoms with Crippen molar-refractivity contribution in [2.75, 3.05) is 6.61 Å². The third-order valence-electron chi connectivity index (χ3n) is 2.65. The minimum Gasteiger partial charge on any atom is -0.480 e. The van der Waals surface area contributed by atoms with Gasteiger partial charge < -0.3 is 15.5 Å². The fourth-order valence-electron chi connectivity index (χ4n) is 1.69. The lowest BCUT2D eigenvalue weighted by Gasteiger charge is -2.14. The maximum atomic E-state index is 11.9. The van der Waals surface area contributed by atoms with E-state index >= 15 is 0 Å². The first-order valence-corrected chi connectivity index (χ1v) is 5.67. The fraction of sp³-hybridized carbons (Fsp3) is 0.385. The molecule has 1 atom stereocenters. The van der Waals surface area contributed by atoms with Crippen molar-refractivity contribution in [3.05, 3.63) is 34.9 Å². The van der Waals surface area contributed by atoms with Crippen LogP contribution in [0.3, 0.4) is 0 Å². The number of hydrogen-bond acceptors (Lipinski definition) is 3. The van der Waals surface area contributed by atoms with E-state index in [4.69, 9.17) is 10.2 Å². The maximum absolute atomic E-state index is 11.9. The van der Waals surface area contributed by atoms with Gasteiger partial charge in [-0.05, 0) is 25.5 Å². The van der Waals surface area contributed by atoms with Gasteiger partial charge in [0.05, 0.1) is 0 Å². The van der Waals surface area contributed by atoms with Crippen LogP contribution in [0, 0.1) is 13.8 Å². The first kappa shape index (κ1) is 14.2. The number of rotatable bonds is 5. The molecule has 1 aromatic carbocycles. The zero-order valence-electron chi connectivity index (χ0n) is 10.4. The standard InChI is InChI=1S/C13H17NO4/c1-8-3-4-10(9(2)7-8)12(16)14-11(5-6-15)13(17)18/h3-4,7,11,15H,5-6H2,1-2H3,(H,14,16)(H,17,18)/t11-/m0/s1. The monoisotopic (exact) mass is 251 g/mol. The molecule has 1 rings (SSSR count). The molecule has 0 aliphatic carbocycles. The molecular formula is C13H17NO4. The number of carbonyl (C=O) groups excluding carboxylic acids is 1. The summed E-state index contributed by atoms with van der Waals surface area (Å²) in [6.45, 7) is 3.42. The summed E-state index contributed by atoms with van der Waals surface area (Å²) >= 11 is 0. The van der Waals surface area contributed by atoms with Crippen LogP contribution in [-0.4, -0.2) is 34.7 Å². The molecule has 0 aliphatic heterocycles. The molecule has 0 fully saturated rings. The van der Waals surface area contributed by atoms with Gasteiger partial charge in [-0.3, -0.25) is 4.79 Å². The van der Waals surface area contributed by atoms with E-state index in [2.05, 4.69) is 5.32 Å². The summed E-state index contributed by atoms with van der Waals surface area (Å²) in [6, 6.07) is 4.25. The zero-order chi connectivity index (χ0) is 13.7. The van der Waals surface area contributed by atoms with Crippen LogP contribution in [0.5, 0.6) is 0 Å². The van der Waals surface area contributed by atoms with Crippen molar-refractivity contribution in [3.63, 3.8) is 0 Å². The third kappa shape index (κ3) is 3.56. The lowest BCUT2D eigenvalue weighted by atomic mass is 10.0. The average molecular weight is 251 g/mol. The molecule has 5 heteroatoms. The van der Waals surface area contributed by atoms with Crippen LogP contribution in [0.1, 0.15) is 27.9 Å². The molecule has 0 bridgehead atoms. The number of amides is 1. The number of hydrogen-bond donors (Lipinski definition) is 3. The van der Waals surface area contributed by atoms with Crippen LogP contribution < -0.4 is 5.32 Å². The number of carboxylic acids is 1. The van der Waals surface area contributed by atoms with E-state index in [1.807, 2.05) is 13.0 Å². The van der Waals surface area contributed by atoms with Crippen LogP contribution in [0.2, 0.25) is 0 Å². The van der Waals surface area contributed by atoms with Gasteiger partial charge in [-0.25, -0.2) is 4.79 Å². The Morgan fingerprint density at radius 3 is 2.50 bits per heavy atom. The molecule has 0 saturated carbocycles. The Balaban J connectivity index is 2.83. The van der Waals surface area contributed by atoms with Gasteiger partial charge in [0, 0.05) is 18.6 Å². The molecule has 3 N–H and O–H groups in total. The Morgan fingerprint density at radius 2 is 2.00 bits per heavy atom. The molecular weight excluding hydrogens is 234 g/mol. The van der Waals surface area contributed by atoms with Crippen molar-refractivity contribution in [1.29, 1.82) is 0 Å². The first-order chi connectivity index (χ1) is 8.45. The van der Waals surface area contributed by atoms with Crippen molar-refractivity contribution in [2.45, 2.75) is 26.3 Å². The van der Waals surface area contributed by atoms with E-state index < -0.39 is 17.9 Å². The van der Waals surface area contributed by atoms with E-state index in [-0.39, 0.29) is 13.0 Å². The van der Waals surface area contributed by atoms with Crippen molar-refractivity contribution < 1.29 is 19.8 Å². The van der Waals surface area contributed by atoms with E-state index in [9.17, 15) is 9.59 Å². The second-order valence-corrected chi connectivity index (χ2v) is 4.19. The highest BCUT2D eigenvalue weighted by Gasteiger charge is 2.20. The molecule has 98 valence electrons. The number of benzene rings is 1. The normalized spacial score (nSPS) is 11.9. The summed E-state index contributed by atoms with van der Waals surface area (Å²) in [5.41, 5.74) is 2.28. The SMILES string of the molecule is Cc1ccc(C(=O)N[C@@H](CCO)C(=O)O)c(C)c1. The zero-order valence-corrected chi connectivity index (χ0v) is 10.4. The van der Waals surface area contributed by atoms with Crippen LogP contribution in [0.25, 0.3) is 0 Å². The van der Waals surface area contributed by atoms with Gasteiger partial charge in [0.1, 0.15) is 6.04 Å².